The van der Waals surface area contributed by atoms with Crippen molar-refractivity contribution in [2.45, 2.75) is 33.2 Å². The van der Waals surface area contributed by atoms with Crippen LogP contribution in [0.25, 0.3) is 0 Å². The quantitative estimate of drug-likeness (QED) is 0.832. The van der Waals surface area contributed by atoms with Crippen LogP contribution >= 0.6 is 12.4 Å². The van der Waals surface area contributed by atoms with E-state index in [4.69, 9.17) is 5.73 Å². The minimum atomic E-state index is -0.612. The maximum absolute atomic E-state index is 13.9. The summed E-state index contributed by atoms with van der Waals surface area (Å²) in [5.41, 5.74) is 6.28. The average molecular weight is 346 g/mol. The normalized spacial score (nSPS) is 11.6. The van der Waals surface area contributed by atoms with Crippen molar-refractivity contribution in [1.29, 1.82) is 0 Å². The molecule has 1 aromatic carbocycles. The fourth-order valence-electron chi connectivity index (χ4n) is 1.95. The molecule has 1 rings (SSSR count). The Bertz CT molecular complexity index is 552. The molecule has 5 nitrogen and oxygen atoms in total. The van der Waals surface area contributed by atoms with Crippen LogP contribution in [0.1, 0.15) is 37.6 Å². The molecule has 0 saturated heterocycles. The zero-order valence-electron chi connectivity index (χ0n) is 13.9. The predicted octanol–water partition coefficient (Wildman–Crippen LogP) is 2.65. The Labute approximate surface area is 142 Å². The number of nitrogens with two attached hydrogens (primary N) is 1. The molecule has 0 bridgehead atoms. The summed E-state index contributed by atoms with van der Waals surface area (Å²) in [6, 6.07) is 3.93. The van der Waals surface area contributed by atoms with Crippen LogP contribution in [-0.4, -0.2) is 36.3 Å². The zero-order chi connectivity index (χ0) is 16.9. The molecule has 7 heteroatoms. The summed E-state index contributed by atoms with van der Waals surface area (Å²) < 4.78 is 13.9. The fraction of sp³-hybridized carbons (Fsp3) is 0.500. The molecule has 1 aromatic rings. The monoisotopic (exact) mass is 345 g/mol. The average Bonchev–Trinajstić information content (AvgIpc) is 2.44. The molecule has 0 aliphatic heterocycles. The van der Waals surface area contributed by atoms with Gasteiger partial charge in [-0.05, 0) is 30.5 Å². The first-order valence-corrected chi connectivity index (χ1v) is 7.30. The van der Waals surface area contributed by atoms with E-state index < -0.39 is 11.7 Å². The Morgan fingerprint density at radius 1 is 1.35 bits per heavy atom. The van der Waals surface area contributed by atoms with Gasteiger partial charge in [0.1, 0.15) is 5.82 Å². The standard InChI is InChI=1S/C16H24FN3O2.ClH/c1-10(2)15(18)7-8-20(4)16(22)13-9-12(19-11(3)21)5-6-14(13)17;/h5-6,9-10,15H,7-8,18H2,1-4H3,(H,19,21);1H. The number of amides is 2. The number of nitrogens with one attached hydrogen (secondary N) is 1. The van der Waals surface area contributed by atoms with Crippen LogP contribution < -0.4 is 11.1 Å². The molecule has 0 aliphatic carbocycles. The van der Waals surface area contributed by atoms with E-state index in [0.29, 0.717) is 24.6 Å². The molecule has 0 fully saturated rings. The highest BCUT2D eigenvalue weighted by Crippen LogP contribution is 2.17. The van der Waals surface area contributed by atoms with Crippen molar-refractivity contribution in [3.63, 3.8) is 0 Å². The summed E-state index contributed by atoms with van der Waals surface area (Å²) in [6.07, 6.45) is 0.646. The van der Waals surface area contributed by atoms with Gasteiger partial charge in [0.25, 0.3) is 5.91 Å². The number of rotatable bonds is 6. The number of anilines is 1. The highest BCUT2D eigenvalue weighted by molar-refractivity contribution is 5.96. The summed E-state index contributed by atoms with van der Waals surface area (Å²) in [7, 11) is 1.61. The third-order valence-electron chi connectivity index (χ3n) is 3.52. The molecule has 130 valence electrons. The lowest BCUT2D eigenvalue weighted by atomic mass is 10.0. The minimum Gasteiger partial charge on any atom is -0.342 e. The van der Waals surface area contributed by atoms with Gasteiger partial charge in [-0.25, -0.2) is 4.39 Å². The Hall–Kier alpha value is -1.66. The van der Waals surface area contributed by atoms with Crippen molar-refractivity contribution in [1.82, 2.24) is 4.90 Å². The van der Waals surface area contributed by atoms with E-state index in [0.717, 1.165) is 0 Å². The van der Waals surface area contributed by atoms with Crippen molar-refractivity contribution >= 4 is 29.9 Å². The number of carbonyl (C=O) groups is 2. The molecule has 1 atom stereocenters. The van der Waals surface area contributed by atoms with Gasteiger partial charge in [-0.3, -0.25) is 9.59 Å². The lowest BCUT2D eigenvalue weighted by Crippen LogP contribution is -2.35. The third kappa shape index (κ3) is 6.54. The highest BCUT2D eigenvalue weighted by atomic mass is 35.5. The number of halogens is 2. The molecular formula is C16H25ClFN3O2. The van der Waals surface area contributed by atoms with Gasteiger partial charge in [-0.1, -0.05) is 13.8 Å². The maximum atomic E-state index is 13.9. The minimum absolute atomic E-state index is 0. The van der Waals surface area contributed by atoms with Gasteiger partial charge < -0.3 is 16.0 Å². The first kappa shape index (κ1) is 21.3. The molecule has 0 aliphatic rings. The summed E-state index contributed by atoms with van der Waals surface area (Å²) in [4.78, 5) is 24.8. The van der Waals surface area contributed by atoms with E-state index in [1.807, 2.05) is 13.8 Å². The lowest BCUT2D eigenvalue weighted by molar-refractivity contribution is -0.114. The number of hydrogen-bond donors (Lipinski definition) is 2. The number of carbonyl (C=O) groups excluding carboxylic acids is 2. The molecule has 23 heavy (non-hydrogen) atoms. The van der Waals surface area contributed by atoms with Crippen molar-refractivity contribution in [3.8, 4) is 0 Å². The number of hydrogen-bond acceptors (Lipinski definition) is 3. The molecule has 1 unspecified atom stereocenters. The molecule has 0 radical (unpaired) electrons. The summed E-state index contributed by atoms with van der Waals surface area (Å²) in [5, 5.41) is 2.54. The molecule has 0 spiro atoms. The Morgan fingerprint density at radius 2 is 1.96 bits per heavy atom. The third-order valence-corrected chi connectivity index (χ3v) is 3.52. The van der Waals surface area contributed by atoms with E-state index in [1.54, 1.807) is 7.05 Å². The van der Waals surface area contributed by atoms with E-state index >= 15 is 0 Å². The maximum Gasteiger partial charge on any atom is 0.256 e. The van der Waals surface area contributed by atoms with Gasteiger partial charge in [-0.15, -0.1) is 12.4 Å². The van der Waals surface area contributed by atoms with E-state index in [-0.39, 0.29) is 29.9 Å². The van der Waals surface area contributed by atoms with Crippen LogP contribution in [-0.2, 0) is 4.79 Å². The van der Waals surface area contributed by atoms with Gasteiger partial charge in [0, 0.05) is 32.2 Å². The van der Waals surface area contributed by atoms with Crippen LogP contribution in [0.15, 0.2) is 18.2 Å². The lowest BCUT2D eigenvalue weighted by Gasteiger charge is -2.22. The van der Waals surface area contributed by atoms with Crippen molar-refractivity contribution < 1.29 is 14.0 Å². The van der Waals surface area contributed by atoms with E-state index in [1.165, 1.54) is 30.0 Å². The second-order valence-electron chi connectivity index (χ2n) is 5.80. The summed E-state index contributed by atoms with van der Waals surface area (Å²) in [5.74, 6) is -0.996. The zero-order valence-corrected chi connectivity index (χ0v) is 14.7. The van der Waals surface area contributed by atoms with Crippen LogP contribution in [0.5, 0.6) is 0 Å². The SMILES string of the molecule is CC(=O)Nc1ccc(F)c(C(=O)N(C)CCC(N)C(C)C)c1.Cl. The van der Waals surface area contributed by atoms with Crippen LogP contribution in [0, 0.1) is 11.7 Å². The Balaban J connectivity index is 0.00000484. The predicted molar refractivity (Wildman–Crippen MR) is 92.3 cm³/mol. The van der Waals surface area contributed by atoms with Gasteiger partial charge in [0.15, 0.2) is 0 Å². The Kier molecular flexibility index (Phi) is 8.79. The van der Waals surface area contributed by atoms with Crippen molar-refractivity contribution in [2.24, 2.45) is 11.7 Å². The second kappa shape index (κ2) is 9.47. The fourth-order valence-corrected chi connectivity index (χ4v) is 1.95. The molecule has 2 amide bonds. The number of benzene rings is 1. The van der Waals surface area contributed by atoms with Gasteiger partial charge in [0.2, 0.25) is 5.91 Å². The number of nitrogens with zero attached hydrogens (tertiary/aromatic N) is 1. The van der Waals surface area contributed by atoms with Crippen LogP contribution in [0.3, 0.4) is 0 Å². The summed E-state index contributed by atoms with van der Waals surface area (Å²) in [6.45, 7) is 5.83. The van der Waals surface area contributed by atoms with Gasteiger partial charge in [0.05, 0.1) is 5.56 Å². The van der Waals surface area contributed by atoms with E-state index in [9.17, 15) is 14.0 Å². The largest absolute Gasteiger partial charge is 0.342 e. The summed E-state index contributed by atoms with van der Waals surface area (Å²) >= 11 is 0. The second-order valence-corrected chi connectivity index (χ2v) is 5.80. The van der Waals surface area contributed by atoms with Gasteiger partial charge in [-0.2, -0.15) is 0 Å². The topological polar surface area (TPSA) is 75.4 Å². The first-order chi connectivity index (χ1) is 10.2. The van der Waals surface area contributed by atoms with Gasteiger partial charge >= 0.3 is 0 Å². The molecule has 0 aromatic heterocycles. The van der Waals surface area contributed by atoms with Crippen LogP contribution in [0.2, 0.25) is 0 Å². The highest BCUT2D eigenvalue weighted by Gasteiger charge is 2.18. The molecule has 0 saturated carbocycles. The Morgan fingerprint density at radius 3 is 2.48 bits per heavy atom. The van der Waals surface area contributed by atoms with E-state index in [2.05, 4.69) is 5.32 Å². The van der Waals surface area contributed by atoms with Crippen molar-refractivity contribution in [3.05, 3.63) is 29.6 Å². The molecule has 3 N–H and O–H groups in total. The van der Waals surface area contributed by atoms with Crippen LogP contribution in [0.4, 0.5) is 10.1 Å². The van der Waals surface area contributed by atoms with Crippen molar-refractivity contribution in [2.75, 3.05) is 18.9 Å². The molecular weight excluding hydrogens is 321 g/mol. The first-order valence-electron chi connectivity index (χ1n) is 7.30. The molecule has 0 heterocycles. The smallest absolute Gasteiger partial charge is 0.256 e.